The number of fused-ring (bicyclic) bond motifs is 1. The van der Waals surface area contributed by atoms with E-state index in [1.54, 1.807) is 49.2 Å². The minimum absolute atomic E-state index is 0.0296. The van der Waals surface area contributed by atoms with Gasteiger partial charge in [0.15, 0.2) is 0 Å². The number of nitrogens with one attached hydrogen (secondary N) is 1. The number of likely N-dealkylation sites (tertiary alicyclic amines) is 1. The quantitative estimate of drug-likeness (QED) is 0.627. The predicted octanol–water partition coefficient (Wildman–Crippen LogP) is 2.50. The summed E-state index contributed by atoms with van der Waals surface area (Å²) in [5, 5.41) is 3.51. The third-order valence-corrected chi connectivity index (χ3v) is 5.95. The number of ether oxygens (including phenoxy) is 1. The standard InChI is InChI=1S/C23H28FN5O2/c1-16-20(24)11-17(13-25-16)14-26-18-5-7-28(8-6-18)9-10-29-22-12-19(31-2)15-27-21(22)3-4-23(29)30/h3-4,11-13,15,18,26H,5-10,14H2,1-2H3. The zero-order valence-corrected chi connectivity index (χ0v) is 18.0. The van der Waals surface area contributed by atoms with Crippen molar-refractivity contribution in [2.24, 2.45) is 0 Å². The second-order valence-corrected chi connectivity index (χ2v) is 8.01. The summed E-state index contributed by atoms with van der Waals surface area (Å²) in [5.74, 6) is 0.382. The van der Waals surface area contributed by atoms with Gasteiger partial charge in [-0.2, -0.15) is 0 Å². The molecule has 0 aromatic carbocycles. The van der Waals surface area contributed by atoms with Crippen LogP contribution in [0.5, 0.6) is 5.75 Å². The Bertz CT molecular complexity index is 1110. The van der Waals surface area contributed by atoms with Crippen molar-refractivity contribution in [2.45, 2.75) is 38.9 Å². The summed E-state index contributed by atoms with van der Waals surface area (Å²) in [4.78, 5) is 23.3. The summed E-state index contributed by atoms with van der Waals surface area (Å²) in [6.45, 7) is 5.61. The molecule has 0 bridgehead atoms. The molecule has 0 unspecified atom stereocenters. The topological polar surface area (TPSA) is 72.3 Å². The summed E-state index contributed by atoms with van der Waals surface area (Å²) in [6, 6.07) is 7.13. The van der Waals surface area contributed by atoms with Gasteiger partial charge >= 0.3 is 0 Å². The Morgan fingerprint density at radius 3 is 2.71 bits per heavy atom. The second-order valence-electron chi connectivity index (χ2n) is 8.01. The van der Waals surface area contributed by atoms with Crippen molar-refractivity contribution in [3.63, 3.8) is 0 Å². The zero-order chi connectivity index (χ0) is 21.8. The minimum Gasteiger partial charge on any atom is -0.495 e. The molecule has 0 spiro atoms. The van der Waals surface area contributed by atoms with E-state index in [2.05, 4.69) is 20.2 Å². The molecule has 1 N–H and O–H groups in total. The van der Waals surface area contributed by atoms with Crippen molar-refractivity contribution in [3.05, 3.63) is 64.1 Å². The van der Waals surface area contributed by atoms with E-state index in [-0.39, 0.29) is 11.4 Å². The molecule has 0 amide bonds. The van der Waals surface area contributed by atoms with Gasteiger partial charge in [-0.1, -0.05) is 0 Å². The molecule has 31 heavy (non-hydrogen) atoms. The molecule has 7 nitrogen and oxygen atoms in total. The van der Waals surface area contributed by atoms with Gasteiger partial charge in [0.05, 0.1) is 30.0 Å². The smallest absolute Gasteiger partial charge is 0.251 e. The van der Waals surface area contributed by atoms with Crippen LogP contribution in [0.1, 0.15) is 24.1 Å². The zero-order valence-electron chi connectivity index (χ0n) is 18.0. The number of methoxy groups -OCH3 is 1. The van der Waals surface area contributed by atoms with Crippen molar-refractivity contribution in [2.75, 3.05) is 26.7 Å². The van der Waals surface area contributed by atoms with Crippen LogP contribution >= 0.6 is 0 Å². The van der Waals surface area contributed by atoms with E-state index in [4.69, 9.17) is 4.74 Å². The van der Waals surface area contributed by atoms with Gasteiger partial charge in [0.1, 0.15) is 11.6 Å². The van der Waals surface area contributed by atoms with Gasteiger partial charge in [0.25, 0.3) is 5.56 Å². The highest BCUT2D eigenvalue weighted by Crippen LogP contribution is 2.17. The normalized spacial score (nSPS) is 15.5. The van der Waals surface area contributed by atoms with Crippen molar-refractivity contribution in [1.29, 1.82) is 0 Å². The van der Waals surface area contributed by atoms with Crippen LogP contribution in [0.25, 0.3) is 11.0 Å². The first-order valence-electron chi connectivity index (χ1n) is 10.6. The summed E-state index contributed by atoms with van der Waals surface area (Å²) >= 11 is 0. The lowest BCUT2D eigenvalue weighted by Gasteiger charge is -2.32. The Morgan fingerprint density at radius 1 is 1.16 bits per heavy atom. The fourth-order valence-electron chi connectivity index (χ4n) is 4.00. The largest absolute Gasteiger partial charge is 0.495 e. The molecule has 3 aromatic rings. The maximum absolute atomic E-state index is 13.7. The van der Waals surface area contributed by atoms with E-state index in [0.29, 0.717) is 30.6 Å². The predicted molar refractivity (Wildman–Crippen MR) is 118 cm³/mol. The van der Waals surface area contributed by atoms with Crippen molar-refractivity contribution < 1.29 is 9.13 Å². The van der Waals surface area contributed by atoms with Crippen molar-refractivity contribution in [1.82, 2.24) is 24.8 Å². The number of piperidine rings is 1. The summed E-state index contributed by atoms with van der Waals surface area (Å²) in [6.07, 6.45) is 5.42. The summed E-state index contributed by atoms with van der Waals surface area (Å²) in [5.41, 5.74) is 2.84. The molecule has 0 aliphatic carbocycles. The summed E-state index contributed by atoms with van der Waals surface area (Å²) < 4.78 is 20.7. The van der Waals surface area contributed by atoms with Crippen molar-refractivity contribution in [3.8, 4) is 5.75 Å². The molecule has 1 aliphatic heterocycles. The Morgan fingerprint density at radius 2 is 1.97 bits per heavy atom. The van der Waals surface area contributed by atoms with Crippen LogP contribution < -0.4 is 15.6 Å². The van der Waals surface area contributed by atoms with Crippen LogP contribution in [0, 0.1) is 12.7 Å². The van der Waals surface area contributed by atoms with Crippen LogP contribution in [-0.2, 0) is 13.1 Å². The van der Waals surface area contributed by atoms with Crippen LogP contribution in [0.2, 0.25) is 0 Å². The van der Waals surface area contributed by atoms with E-state index in [1.165, 1.54) is 0 Å². The first kappa shape index (κ1) is 21.4. The van der Waals surface area contributed by atoms with Gasteiger partial charge in [-0.05, 0) is 50.6 Å². The molecule has 164 valence electrons. The molecule has 0 radical (unpaired) electrons. The molecule has 3 aromatic heterocycles. The Labute approximate surface area is 180 Å². The molecule has 4 heterocycles. The van der Waals surface area contributed by atoms with Crippen LogP contribution in [0.3, 0.4) is 0 Å². The molecular weight excluding hydrogens is 397 g/mol. The number of halogens is 1. The average Bonchev–Trinajstić information content (AvgIpc) is 2.79. The fraction of sp³-hybridized carbons (Fsp3) is 0.435. The first-order chi connectivity index (χ1) is 15.0. The van der Waals surface area contributed by atoms with Crippen molar-refractivity contribution >= 4 is 11.0 Å². The molecule has 0 saturated carbocycles. The number of hydrogen-bond acceptors (Lipinski definition) is 6. The number of pyridine rings is 3. The first-order valence-corrected chi connectivity index (χ1v) is 10.6. The summed E-state index contributed by atoms with van der Waals surface area (Å²) in [7, 11) is 1.60. The van der Waals surface area contributed by atoms with E-state index < -0.39 is 0 Å². The number of aryl methyl sites for hydroxylation is 1. The molecule has 1 fully saturated rings. The average molecular weight is 426 g/mol. The van der Waals surface area contributed by atoms with Crippen LogP contribution in [-0.4, -0.2) is 52.2 Å². The molecular formula is C23H28FN5O2. The van der Waals surface area contributed by atoms with Gasteiger partial charge in [-0.3, -0.25) is 14.8 Å². The molecule has 4 rings (SSSR count). The van der Waals surface area contributed by atoms with Gasteiger partial charge < -0.3 is 19.5 Å². The van der Waals surface area contributed by atoms with Gasteiger partial charge in [0.2, 0.25) is 0 Å². The molecule has 8 heteroatoms. The number of rotatable bonds is 7. The van der Waals surface area contributed by atoms with Crippen LogP contribution in [0.15, 0.2) is 41.5 Å². The van der Waals surface area contributed by atoms with Gasteiger partial charge in [-0.25, -0.2) is 4.39 Å². The minimum atomic E-state index is -0.259. The monoisotopic (exact) mass is 425 g/mol. The lowest BCUT2D eigenvalue weighted by Crippen LogP contribution is -2.43. The Balaban J connectivity index is 1.31. The molecule has 1 aliphatic rings. The fourth-order valence-corrected chi connectivity index (χ4v) is 4.00. The maximum atomic E-state index is 13.7. The third-order valence-electron chi connectivity index (χ3n) is 5.95. The highest BCUT2D eigenvalue weighted by molar-refractivity contribution is 5.75. The lowest BCUT2D eigenvalue weighted by atomic mass is 10.0. The molecule has 1 saturated heterocycles. The highest BCUT2D eigenvalue weighted by atomic mass is 19.1. The van der Waals surface area contributed by atoms with E-state index >= 15 is 0 Å². The Kier molecular flexibility index (Phi) is 6.58. The lowest BCUT2D eigenvalue weighted by molar-refractivity contribution is 0.191. The SMILES string of the molecule is COc1cnc2ccc(=O)n(CCN3CCC(NCc4cnc(C)c(F)c4)CC3)c2c1. The molecule has 0 atom stereocenters. The van der Waals surface area contributed by atoms with E-state index in [9.17, 15) is 9.18 Å². The van der Waals surface area contributed by atoms with E-state index in [1.807, 2.05) is 6.07 Å². The second kappa shape index (κ2) is 9.53. The van der Waals surface area contributed by atoms with Gasteiger partial charge in [0, 0.05) is 44.0 Å². The highest BCUT2D eigenvalue weighted by Gasteiger charge is 2.19. The number of aromatic nitrogens is 3. The van der Waals surface area contributed by atoms with Crippen LogP contribution in [0.4, 0.5) is 4.39 Å². The number of hydrogen-bond donors (Lipinski definition) is 1. The van der Waals surface area contributed by atoms with Gasteiger partial charge in [-0.15, -0.1) is 0 Å². The number of nitrogens with zero attached hydrogens (tertiary/aromatic N) is 4. The maximum Gasteiger partial charge on any atom is 0.251 e. The third kappa shape index (κ3) is 5.08. The Hall–Kier alpha value is -2.84. The van der Waals surface area contributed by atoms with E-state index in [0.717, 1.165) is 49.1 Å².